The van der Waals surface area contributed by atoms with Crippen LogP contribution >= 0.6 is 11.3 Å². The fourth-order valence-electron chi connectivity index (χ4n) is 3.74. The monoisotopic (exact) mass is 573 g/mol. The molecule has 2 aromatic heterocycles. The first-order valence-electron chi connectivity index (χ1n) is 9.16. The number of fused-ring (bicyclic) bond motifs is 1. The van der Waals surface area contributed by atoms with Gasteiger partial charge in [-0.1, -0.05) is 30.3 Å². The second kappa shape index (κ2) is 8.03. The molecule has 0 amide bonds. The van der Waals surface area contributed by atoms with E-state index in [-0.39, 0.29) is 20.1 Å². The van der Waals surface area contributed by atoms with Crippen molar-refractivity contribution in [2.75, 3.05) is 0 Å². The van der Waals surface area contributed by atoms with Crippen LogP contribution in [0, 0.1) is 19.9 Å². The Bertz CT molecular complexity index is 1260. The minimum atomic E-state index is 0. The van der Waals surface area contributed by atoms with E-state index >= 15 is 0 Å². The molecule has 2 heterocycles. The predicted molar refractivity (Wildman–Crippen MR) is 116 cm³/mol. The first-order chi connectivity index (χ1) is 13.7. The van der Waals surface area contributed by atoms with Crippen LogP contribution in [0.4, 0.5) is 0 Å². The summed E-state index contributed by atoms with van der Waals surface area (Å²) in [5.41, 5.74) is 9.90. The maximum absolute atomic E-state index is 4.63. The van der Waals surface area contributed by atoms with E-state index in [2.05, 4.69) is 76.9 Å². The van der Waals surface area contributed by atoms with Crippen molar-refractivity contribution < 1.29 is 20.1 Å². The van der Waals surface area contributed by atoms with Crippen molar-refractivity contribution in [2.24, 2.45) is 0 Å². The molecule has 5 rings (SSSR count). The molecular formula is C24H18IrN3S-. The van der Waals surface area contributed by atoms with Gasteiger partial charge in [0, 0.05) is 38.2 Å². The largest absolute Gasteiger partial charge is 0.340 e. The summed E-state index contributed by atoms with van der Waals surface area (Å²) in [6, 6.07) is 22.4. The van der Waals surface area contributed by atoms with Gasteiger partial charge in [0.05, 0.1) is 11.3 Å². The molecule has 0 aliphatic heterocycles. The molecule has 0 fully saturated rings. The van der Waals surface area contributed by atoms with Crippen molar-refractivity contribution in [2.45, 2.75) is 13.8 Å². The molecule has 0 unspecified atom stereocenters. The Labute approximate surface area is 187 Å². The van der Waals surface area contributed by atoms with E-state index in [1.165, 1.54) is 27.9 Å². The third-order valence-electron chi connectivity index (χ3n) is 4.98. The van der Waals surface area contributed by atoms with Crippen molar-refractivity contribution in [3.05, 3.63) is 89.7 Å². The average Bonchev–Trinajstić information content (AvgIpc) is 3.37. The van der Waals surface area contributed by atoms with E-state index in [1.807, 2.05) is 30.0 Å². The van der Waals surface area contributed by atoms with Gasteiger partial charge in [-0.05, 0) is 58.5 Å². The van der Waals surface area contributed by atoms with Crippen LogP contribution in [0.1, 0.15) is 11.1 Å². The second-order valence-corrected chi connectivity index (χ2v) is 7.78. The van der Waals surface area contributed by atoms with Gasteiger partial charge >= 0.3 is 0 Å². The van der Waals surface area contributed by atoms with E-state index in [4.69, 9.17) is 0 Å². The van der Waals surface area contributed by atoms with Crippen LogP contribution in [0.15, 0.2) is 72.5 Å². The number of nitrogens with zero attached hydrogens (tertiary/aromatic N) is 3. The number of benzene rings is 3. The molecule has 0 aliphatic carbocycles. The molecule has 0 aliphatic rings. The van der Waals surface area contributed by atoms with Crippen LogP contribution in [0.2, 0.25) is 0 Å². The summed E-state index contributed by atoms with van der Waals surface area (Å²) < 4.78 is 3.31. The summed E-state index contributed by atoms with van der Waals surface area (Å²) in [5, 5.41) is 0. The Kier molecular flexibility index (Phi) is 5.46. The first kappa shape index (κ1) is 19.7. The molecule has 5 heteroatoms. The molecule has 3 aromatic carbocycles. The molecule has 29 heavy (non-hydrogen) atoms. The molecule has 0 saturated carbocycles. The third kappa shape index (κ3) is 3.57. The van der Waals surface area contributed by atoms with E-state index in [0.717, 1.165) is 21.6 Å². The van der Waals surface area contributed by atoms with Gasteiger partial charge in [0.25, 0.3) is 0 Å². The van der Waals surface area contributed by atoms with Crippen molar-refractivity contribution in [1.29, 1.82) is 0 Å². The van der Waals surface area contributed by atoms with E-state index in [1.54, 1.807) is 11.3 Å². The molecule has 1 radical (unpaired) electrons. The summed E-state index contributed by atoms with van der Waals surface area (Å²) in [5.74, 6) is 0.897. The maximum Gasteiger partial charge on any atom is 0.0674 e. The molecule has 0 saturated heterocycles. The van der Waals surface area contributed by atoms with Gasteiger partial charge in [-0.25, -0.2) is 0 Å². The van der Waals surface area contributed by atoms with Crippen molar-refractivity contribution in [3.63, 3.8) is 0 Å². The number of hydrogen-bond donors (Lipinski definition) is 0. The van der Waals surface area contributed by atoms with Gasteiger partial charge in [0.1, 0.15) is 0 Å². The smallest absolute Gasteiger partial charge is 0.0674 e. The van der Waals surface area contributed by atoms with Crippen LogP contribution < -0.4 is 0 Å². The van der Waals surface area contributed by atoms with Crippen molar-refractivity contribution in [3.8, 4) is 28.2 Å². The Hall–Kier alpha value is -2.59. The summed E-state index contributed by atoms with van der Waals surface area (Å²) in [4.78, 5) is 8.98. The Morgan fingerprint density at radius 1 is 0.931 bits per heavy atom. The first-order valence-corrected chi connectivity index (χ1v) is 10.0. The fourth-order valence-corrected chi connectivity index (χ4v) is 4.44. The van der Waals surface area contributed by atoms with Crippen LogP contribution in [0.5, 0.6) is 0 Å². The zero-order valence-corrected chi connectivity index (χ0v) is 19.2. The molecule has 0 bridgehead atoms. The van der Waals surface area contributed by atoms with Gasteiger partial charge in [-0.15, -0.1) is 35.1 Å². The zero-order chi connectivity index (χ0) is 19.1. The molecule has 0 spiro atoms. The van der Waals surface area contributed by atoms with Gasteiger partial charge in [0.15, 0.2) is 0 Å². The van der Waals surface area contributed by atoms with E-state index < -0.39 is 0 Å². The predicted octanol–water partition coefficient (Wildman–Crippen LogP) is 6.23. The van der Waals surface area contributed by atoms with Gasteiger partial charge in [0.2, 0.25) is 0 Å². The Morgan fingerprint density at radius 2 is 1.69 bits per heavy atom. The number of hydrogen-bond acceptors (Lipinski definition) is 3. The fraction of sp³-hybridized carbons (Fsp3) is 0.0833. The molecule has 0 N–H and O–H groups in total. The van der Waals surface area contributed by atoms with Crippen LogP contribution in [0.3, 0.4) is 0 Å². The summed E-state index contributed by atoms with van der Waals surface area (Å²) in [7, 11) is 0. The molecule has 5 aromatic rings. The number of aryl methyl sites for hydroxylation is 2. The number of rotatable bonds is 3. The Morgan fingerprint density at radius 3 is 2.45 bits per heavy atom. The normalized spacial score (nSPS) is 10.8. The summed E-state index contributed by atoms with van der Waals surface area (Å²) >= 11 is 1.64. The van der Waals surface area contributed by atoms with Crippen molar-refractivity contribution >= 4 is 21.6 Å². The molecule has 0 atom stereocenters. The number of imidazole rings is 1. The van der Waals surface area contributed by atoms with Crippen LogP contribution in [-0.4, -0.2) is 14.5 Å². The second-order valence-electron chi connectivity index (χ2n) is 6.89. The van der Waals surface area contributed by atoms with E-state index in [0.29, 0.717) is 0 Å². The Balaban J connectivity index is 0.00000205. The van der Waals surface area contributed by atoms with Gasteiger partial charge in [-0.3, -0.25) is 9.97 Å². The van der Waals surface area contributed by atoms with E-state index in [9.17, 15) is 0 Å². The third-order valence-corrected chi connectivity index (χ3v) is 5.78. The van der Waals surface area contributed by atoms with Gasteiger partial charge < -0.3 is 4.57 Å². The summed E-state index contributed by atoms with van der Waals surface area (Å²) in [6.45, 7) is 4.32. The summed E-state index contributed by atoms with van der Waals surface area (Å²) in [6.07, 6.45) is 3.88. The molecule has 145 valence electrons. The SMILES string of the molecule is Cc1cc(-c2ccccc2)cc(C)c1-n1ccnc1-c1[c-]cc2ncsc2c1.[Ir]. The number of aromatic nitrogens is 3. The minimum absolute atomic E-state index is 0. The zero-order valence-electron chi connectivity index (χ0n) is 16.0. The molecule has 3 nitrogen and oxygen atoms in total. The average molecular weight is 573 g/mol. The topological polar surface area (TPSA) is 30.7 Å². The van der Waals surface area contributed by atoms with Crippen LogP contribution in [0.25, 0.3) is 38.4 Å². The van der Waals surface area contributed by atoms with Crippen molar-refractivity contribution in [1.82, 2.24) is 14.5 Å². The minimum Gasteiger partial charge on any atom is -0.340 e. The number of thiazole rings is 1. The standard InChI is InChI=1S/C24H18N3S.Ir/c1-16-12-20(18-6-4-3-5-7-18)13-17(2)23(16)27-11-10-25-24(27)19-8-9-21-22(14-19)28-15-26-21;/h3-7,9-15H,1-2H3;/q-1;. The molecular weight excluding hydrogens is 555 g/mol. The maximum atomic E-state index is 4.63. The van der Waals surface area contributed by atoms with Gasteiger partial charge in [-0.2, -0.15) is 0 Å². The quantitative estimate of drug-likeness (QED) is 0.240. The van der Waals surface area contributed by atoms with Crippen LogP contribution in [-0.2, 0) is 20.1 Å².